The van der Waals surface area contributed by atoms with Crippen LogP contribution < -0.4 is 5.32 Å². The fraction of sp³-hybridized carbons (Fsp3) is 0.467. The fourth-order valence-electron chi connectivity index (χ4n) is 2.28. The van der Waals surface area contributed by atoms with Crippen molar-refractivity contribution in [2.45, 2.75) is 32.6 Å². The van der Waals surface area contributed by atoms with Crippen LogP contribution in [0.1, 0.15) is 37.3 Å². The Kier molecular flexibility index (Phi) is 4.32. The van der Waals surface area contributed by atoms with Crippen molar-refractivity contribution in [2.24, 2.45) is 0 Å². The molecule has 1 nitrogen and oxygen atoms in total. The van der Waals surface area contributed by atoms with Gasteiger partial charge in [0, 0.05) is 18.5 Å². The van der Waals surface area contributed by atoms with Crippen LogP contribution >= 0.6 is 0 Å². The molecule has 0 radical (unpaired) electrons. The van der Waals surface area contributed by atoms with E-state index < -0.39 is 0 Å². The molecule has 0 aliphatic heterocycles. The molecule has 1 aliphatic rings. The van der Waals surface area contributed by atoms with Gasteiger partial charge in [-0.25, -0.2) is 4.39 Å². The highest BCUT2D eigenvalue weighted by atomic mass is 19.1. The van der Waals surface area contributed by atoms with Crippen molar-refractivity contribution in [3.8, 4) is 0 Å². The van der Waals surface area contributed by atoms with Crippen LogP contribution in [0.2, 0.25) is 0 Å². The number of hydrogen-bond acceptors (Lipinski definition) is 1. The summed E-state index contributed by atoms with van der Waals surface area (Å²) < 4.78 is 13.9. The molecule has 0 saturated heterocycles. The molecule has 1 aromatic carbocycles. The molecule has 2 rings (SSSR count). The van der Waals surface area contributed by atoms with E-state index in [-0.39, 0.29) is 5.83 Å². The Morgan fingerprint density at radius 1 is 1.24 bits per heavy atom. The van der Waals surface area contributed by atoms with E-state index in [0.717, 1.165) is 30.5 Å². The summed E-state index contributed by atoms with van der Waals surface area (Å²) in [5.41, 5.74) is 3.24. The topological polar surface area (TPSA) is 12.0 Å². The molecule has 17 heavy (non-hydrogen) atoms. The van der Waals surface area contributed by atoms with Gasteiger partial charge in [0.25, 0.3) is 0 Å². The van der Waals surface area contributed by atoms with Crippen molar-refractivity contribution >= 4 is 5.57 Å². The first-order valence-electron chi connectivity index (χ1n) is 6.49. The number of allylic oxidation sites excluding steroid dienone is 1. The largest absolute Gasteiger partial charge is 0.313 e. The normalized spacial score (nSPS) is 14.9. The maximum Gasteiger partial charge on any atom is 0.105 e. The predicted molar refractivity (Wildman–Crippen MR) is 70.6 cm³/mol. The van der Waals surface area contributed by atoms with Crippen molar-refractivity contribution < 1.29 is 4.39 Å². The van der Waals surface area contributed by atoms with Gasteiger partial charge < -0.3 is 5.32 Å². The summed E-state index contributed by atoms with van der Waals surface area (Å²) in [6.45, 7) is 3.79. The van der Waals surface area contributed by atoms with E-state index in [0.29, 0.717) is 13.0 Å². The van der Waals surface area contributed by atoms with Crippen molar-refractivity contribution in [3.05, 3.63) is 41.2 Å². The van der Waals surface area contributed by atoms with Gasteiger partial charge in [-0.15, -0.1) is 0 Å². The summed E-state index contributed by atoms with van der Waals surface area (Å²) in [5, 5.41) is 3.33. The zero-order valence-corrected chi connectivity index (χ0v) is 10.4. The SMILES string of the molecule is CCCCNCC1=C(F)CCc2ccccc21. The number of nitrogens with one attached hydrogen (secondary N) is 1. The van der Waals surface area contributed by atoms with E-state index in [9.17, 15) is 4.39 Å². The second-order valence-corrected chi connectivity index (χ2v) is 4.57. The van der Waals surface area contributed by atoms with E-state index in [1.165, 1.54) is 12.0 Å². The average molecular weight is 233 g/mol. The molecule has 2 heteroatoms. The molecule has 1 N–H and O–H groups in total. The number of fused-ring (bicyclic) bond motifs is 1. The zero-order valence-electron chi connectivity index (χ0n) is 10.4. The van der Waals surface area contributed by atoms with Gasteiger partial charge in [0.2, 0.25) is 0 Å². The van der Waals surface area contributed by atoms with Crippen LogP contribution in [0.5, 0.6) is 0 Å². The van der Waals surface area contributed by atoms with Gasteiger partial charge in [-0.05, 0) is 30.5 Å². The highest BCUT2D eigenvalue weighted by molar-refractivity contribution is 5.73. The van der Waals surface area contributed by atoms with Crippen LogP contribution in [-0.4, -0.2) is 13.1 Å². The van der Waals surface area contributed by atoms with Gasteiger partial charge in [-0.1, -0.05) is 37.6 Å². The molecule has 0 heterocycles. The fourth-order valence-corrected chi connectivity index (χ4v) is 2.28. The lowest BCUT2D eigenvalue weighted by atomic mass is 9.90. The van der Waals surface area contributed by atoms with E-state index in [2.05, 4.69) is 18.3 Å². The summed E-state index contributed by atoms with van der Waals surface area (Å²) in [5.74, 6) is 0.0627. The van der Waals surface area contributed by atoms with Crippen LogP contribution in [0, 0.1) is 0 Å². The van der Waals surface area contributed by atoms with Gasteiger partial charge in [0.15, 0.2) is 0 Å². The van der Waals surface area contributed by atoms with Crippen LogP contribution in [0.3, 0.4) is 0 Å². The number of benzene rings is 1. The lowest BCUT2D eigenvalue weighted by Gasteiger charge is -2.19. The predicted octanol–water partition coefficient (Wildman–Crippen LogP) is 3.70. The second kappa shape index (κ2) is 5.97. The van der Waals surface area contributed by atoms with Crippen molar-refractivity contribution in [2.75, 3.05) is 13.1 Å². The van der Waals surface area contributed by atoms with Gasteiger partial charge in [0.1, 0.15) is 5.83 Å². The minimum absolute atomic E-state index is 0.0627. The Morgan fingerprint density at radius 3 is 2.88 bits per heavy atom. The number of unbranched alkanes of at least 4 members (excludes halogenated alkanes) is 1. The molecule has 1 aliphatic carbocycles. The Balaban J connectivity index is 2.08. The van der Waals surface area contributed by atoms with Crippen molar-refractivity contribution in [1.29, 1.82) is 0 Å². The van der Waals surface area contributed by atoms with Crippen LogP contribution in [0.25, 0.3) is 5.57 Å². The standard InChI is InChI=1S/C15H20FN/c1-2-3-10-17-11-14-13-7-5-4-6-12(13)8-9-15(14)16/h4-7,17H,2-3,8-11H2,1H3. The lowest BCUT2D eigenvalue weighted by molar-refractivity contribution is 0.577. The minimum Gasteiger partial charge on any atom is -0.313 e. The first-order chi connectivity index (χ1) is 8.33. The molecule has 0 saturated carbocycles. The van der Waals surface area contributed by atoms with Gasteiger partial charge in [-0.2, -0.15) is 0 Å². The lowest BCUT2D eigenvalue weighted by Crippen LogP contribution is -2.20. The van der Waals surface area contributed by atoms with E-state index in [4.69, 9.17) is 0 Å². The maximum atomic E-state index is 13.9. The monoisotopic (exact) mass is 233 g/mol. The summed E-state index contributed by atoms with van der Waals surface area (Å²) in [7, 11) is 0. The molecule has 0 amide bonds. The molecular weight excluding hydrogens is 213 g/mol. The molecule has 0 aromatic heterocycles. The first kappa shape index (κ1) is 12.3. The second-order valence-electron chi connectivity index (χ2n) is 4.57. The summed E-state index contributed by atoms with van der Waals surface area (Å²) in [6.07, 6.45) is 3.71. The van der Waals surface area contributed by atoms with E-state index in [1.807, 2.05) is 18.2 Å². The quantitative estimate of drug-likeness (QED) is 0.765. The highest BCUT2D eigenvalue weighted by Gasteiger charge is 2.17. The van der Waals surface area contributed by atoms with Crippen molar-refractivity contribution in [1.82, 2.24) is 5.32 Å². The molecular formula is C15H20FN. The third-order valence-electron chi connectivity index (χ3n) is 3.29. The Bertz CT molecular complexity index is 409. The molecule has 0 unspecified atom stereocenters. The average Bonchev–Trinajstić information content (AvgIpc) is 2.37. The number of hydrogen-bond donors (Lipinski definition) is 1. The molecule has 0 bridgehead atoms. The van der Waals surface area contributed by atoms with Gasteiger partial charge >= 0.3 is 0 Å². The Hall–Kier alpha value is -1.15. The van der Waals surface area contributed by atoms with E-state index >= 15 is 0 Å². The maximum absolute atomic E-state index is 13.9. The van der Waals surface area contributed by atoms with Crippen LogP contribution in [0.15, 0.2) is 30.1 Å². The molecule has 0 fully saturated rings. The summed E-state index contributed by atoms with van der Waals surface area (Å²) >= 11 is 0. The Labute approximate surface area is 103 Å². The first-order valence-corrected chi connectivity index (χ1v) is 6.49. The summed E-state index contributed by atoms with van der Waals surface area (Å²) in [6, 6.07) is 8.16. The molecule has 1 aromatic rings. The Morgan fingerprint density at radius 2 is 2.06 bits per heavy atom. The van der Waals surface area contributed by atoms with Crippen molar-refractivity contribution in [3.63, 3.8) is 0 Å². The minimum atomic E-state index is 0.0627. The zero-order chi connectivity index (χ0) is 12.1. The van der Waals surface area contributed by atoms with Gasteiger partial charge in [0.05, 0.1) is 0 Å². The highest BCUT2D eigenvalue weighted by Crippen LogP contribution is 2.31. The number of halogens is 1. The number of rotatable bonds is 5. The number of aryl methyl sites for hydroxylation is 1. The molecule has 92 valence electrons. The third kappa shape index (κ3) is 2.95. The van der Waals surface area contributed by atoms with E-state index in [1.54, 1.807) is 0 Å². The molecule has 0 atom stereocenters. The molecule has 0 spiro atoms. The van der Waals surface area contributed by atoms with Crippen LogP contribution in [-0.2, 0) is 6.42 Å². The third-order valence-corrected chi connectivity index (χ3v) is 3.29. The van der Waals surface area contributed by atoms with Crippen LogP contribution in [0.4, 0.5) is 4.39 Å². The van der Waals surface area contributed by atoms with Gasteiger partial charge in [-0.3, -0.25) is 0 Å². The smallest absolute Gasteiger partial charge is 0.105 e. The summed E-state index contributed by atoms with van der Waals surface area (Å²) in [4.78, 5) is 0.